The van der Waals surface area contributed by atoms with Crippen LogP contribution in [0, 0.1) is 6.92 Å². The van der Waals surface area contributed by atoms with Gasteiger partial charge in [0.15, 0.2) is 0 Å². The van der Waals surface area contributed by atoms with Crippen LogP contribution in [0.2, 0.25) is 0 Å². The molecule has 32 heavy (non-hydrogen) atoms. The number of pyridine rings is 2. The Morgan fingerprint density at radius 1 is 1.00 bits per heavy atom. The highest BCUT2D eigenvalue weighted by molar-refractivity contribution is 6.04. The zero-order chi connectivity index (χ0) is 22.7. The van der Waals surface area contributed by atoms with Crippen molar-refractivity contribution < 1.29 is 13.6 Å². The number of nitrogen functional groups attached to an aromatic ring is 1. The number of rotatable bonds is 5. The number of hydrogen-bond donors (Lipinski definition) is 2. The normalized spacial score (nSPS) is 10.9. The molecule has 0 bridgehead atoms. The molecule has 0 aliphatic carbocycles. The molecule has 7 nitrogen and oxygen atoms in total. The summed E-state index contributed by atoms with van der Waals surface area (Å²) in [6.45, 7) is 1.92. The van der Waals surface area contributed by atoms with Crippen LogP contribution >= 0.6 is 0 Å². The van der Waals surface area contributed by atoms with Crippen LogP contribution < -0.4 is 11.1 Å². The molecule has 4 aromatic rings. The summed E-state index contributed by atoms with van der Waals surface area (Å²) < 4.78 is 25.3. The SMILES string of the molecule is Cc1ccc(NC(=O)c2ccc(C(F)F)nc2)cc1-c1cncc(-c2ccnc(N)c2)n1. The minimum Gasteiger partial charge on any atom is -0.384 e. The number of anilines is 2. The quantitative estimate of drug-likeness (QED) is 0.474. The molecule has 0 unspecified atom stereocenters. The van der Waals surface area contributed by atoms with E-state index < -0.39 is 12.3 Å². The number of nitrogens with zero attached hydrogens (tertiary/aromatic N) is 4. The summed E-state index contributed by atoms with van der Waals surface area (Å²) in [5, 5.41) is 2.76. The minimum absolute atomic E-state index is 0.175. The largest absolute Gasteiger partial charge is 0.384 e. The van der Waals surface area contributed by atoms with Gasteiger partial charge < -0.3 is 11.1 Å². The van der Waals surface area contributed by atoms with Gasteiger partial charge in [0.1, 0.15) is 11.5 Å². The van der Waals surface area contributed by atoms with Crippen molar-refractivity contribution in [3.63, 3.8) is 0 Å². The van der Waals surface area contributed by atoms with Gasteiger partial charge in [-0.1, -0.05) is 6.07 Å². The number of halogens is 2. The summed E-state index contributed by atoms with van der Waals surface area (Å²) in [5.41, 5.74) is 9.84. The molecule has 4 rings (SSSR count). The van der Waals surface area contributed by atoms with E-state index >= 15 is 0 Å². The van der Waals surface area contributed by atoms with Crippen LogP contribution in [0.1, 0.15) is 28.0 Å². The summed E-state index contributed by atoms with van der Waals surface area (Å²) in [6, 6.07) is 11.3. The highest BCUT2D eigenvalue weighted by Crippen LogP contribution is 2.27. The van der Waals surface area contributed by atoms with E-state index in [0.29, 0.717) is 22.9 Å². The topological polar surface area (TPSA) is 107 Å². The van der Waals surface area contributed by atoms with E-state index in [-0.39, 0.29) is 11.3 Å². The third-order valence-electron chi connectivity index (χ3n) is 4.75. The zero-order valence-corrected chi connectivity index (χ0v) is 17.0. The number of carbonyl (C=O) groups excluding carboxylic acids is 1. The first-order chi connectivity index (χ1) is 15.4. The second-order valence-electron chi connectivity index (χ2n) is 7.02. The number of alkyl halides is 2. The number of nitrogens with two attached hydrogens (primary N) is 1. The lowest BCUT2D eigenvalue weighted by molar-refractivity contribution is 0.102. The number of aromatic nitrogens is 4. The molecule has 0 saturated carbocycles. The van der Waals surface area contributed by atoms with Gasteiger partial charge in [-0.15, -0.1) is 0 Å². The molecule has 160 valence electrons. The number of nitrogens with one attached hydrogen (secondary N) is 1. The zero-order valence-electron chi connectivity index (χ0n) is 17.0. The van der Waals surface area contributed by atoms with Crippen LogP contribution in [0.15, 0.2) is 67.3 Å². The number of hydrogen-bond acceptors (Lipinski definition) is 6. The Hall–Kier alpha value is -4.27. The first-order valence-electron chi connectivity index (χ1n) is 9.61. The van der Waals surface area contributed by atoms with Crippen molar-refractivity contribution >= 4 is 17.4 Å². The predicted molar refractivity (Wildman–Crippen MR) is 117 cm³/mol. The maximum atomic E-state index is 12.7. The fourth-order valence-electron chi connectivity index (χ4n) is 3.09. The van der Waals surface area contributed by atoms with Crippen LogP contribution in [0.3, 0.4) is 0 Å². The summed E-state index contributed by atoms with van der Waals surface area (Å²) >= 11 is 0. The van der Waals surface area contributed by atoms with E-state index in [1.807, 2.05) is 13.0 Å². The third kappa shape index (κ3) is 4.56. The maximum Gasteiger partial charge on any atom is 0.280 e. The number of amides is 1. The van der Waals surface area contributed by atoms with Gasteiger partial charge in [0.05, 0.1) is 29.3 Å². The van der Waals surface area contributed by atoms with E-state index in [4.69, 9.17) is 5.73 Å². The van der Waals surface area contributed by atoms with Crippen LogP contribution in [-0.4, -0.2) is 25.8 Å². The second kappa shape index (κ2) is 8.84. The lowest BCUT2D eigenvalue weighted by atomic mass is 10.0. The second-order valence-corrected chi connectivity index (χ2v) is 7.02. The van der Waals surface area contributed by atoms with Gasteiger partial charge in [0.25, 0.3) is 12.3 Å². The van der Waals surface area contributed by atoms with Gasteiger partial charge in [-0.2, -0.15) is 0 Å². The van der Waals surface area contributed by atoms with Crippen LogP contribution in [0.5, 0.6) is 0 Å². The van der Waals surface area contributed by atoms with Crippen molar-refractivity contribution in [1.82, 2.24) is 19.9 Å². The van der Waals surface area contributed by atoms with E-state index in [9.17, 15) is 13.6 Å². The Bertz CT molecular complexity index is 1280. The average molecular weight is 432 g/mol. The first-order valence-corrected chi connectivity index (χ1v) is 9.61. The van der Waals surface area contributed by atoms with E-state index in [2.05, 4.69) is 25.3 Å². The molecule has 0 spiro atoms. The number of benzene rings is 1. The summed E-state index contributed by atoms with van der Waals surface area (Å²) in [6.07, 6.45) is 3.31. The molecule has 0 saturated heterocycles. The Kier molecular flexibility index (Phi) is 5.80. The smallest absolute Gasteiger partial charge is 0.280 e. The molecule has 1 aromatic carbocycles. The predicted octanol–water partition coefficient (Wildman–Crippen LogP) is 4.68. The van der Waals surface area contributed by atoms with Gasteiger partial charge >= 0.3 is 0 Å². The van der Waals surface area contributed by atoms with Gasteiger partial charge in [0, 0.05) is 29.2 Å². The highest BCUT2D eigenvalue weighted by atomic mass is 19.3. The molecule has 0 aliphatic rings. The average Bonchev–Trinajstić information content (AvgIpc) is 2.80. The lowest BCUT2D eigenvalue weighted by Crippen LogP contribution is -2.12. The van der Waals surface area contributed by atoms with E-state index in [1.165, 1.54) is 6.07 Å². The first kappa shape index (κ1) is 21.0. The Morgan fingerprint density at radius 3 is 2.53 bits per heavy atom. The van der Waals surface area contributed by atoms with E-state index in [0.717, 1.165) is 29.0 Å². The third-order valence-corrected chi connectivity index (χ3v) is 4.75. The molecule has 3 heterocycles. The van der Waals surface area contributed by atoms with Crippen molar-refractivity contribution in [2.24, 2.45) is 0 Å². The van der Waals surface area contributed by atoms with Crippen molar-refractivity contribution in [3.8, 4) is 22.5 Å². The fourth-order valence-corrected chi connectivity index (χ4v) is 3.09. The van der Waals surface area contributed by atoms with Crippen LogP contribution in [0.4, 0.5) is 20.3 Å². The molecule has 9 heteroatoms. The minimum atomic E-state index is -2.69. The Labute approximate surface area is 182 Å². The Balaban J connectivity index is 1.60. The molecule has 3 N–H and O–H groups in total. The molecular formula is C23H18F2N6O. The van der Waals surface area contributed by atoms with Gasteiger partial charge in [0.2, 0.25) is 0 Å². The number of carbonyl (C=O) groups is 1. The van der Waals surface area contributed by atoms with Crippen LogP contribution in [0.25, 0.3) is 22.5 Å². The van der Waals surface area contributed by atoms with Gasteiger partial charge in [-0.05, 0) is 48.9 Å². The molecule has 1 amide bonds. The highest BCUT2D eigenvalue weighted by Gasteiger charge is 2.13. The molecular weight excluding hydrogens is 414 g/mol. The molecule has 0 aliphatic heterocycles. The standard InChI is InChI=1S/C23H18F2N6O/c1-13-2-4-16(30-23(32)15-3-5-18(22(24)25)29-10-15)9-17(13)20-12-27-11-19(31-20)14-6-7-28-21(26)8-14/h2-12,22H,1H3,(H2,26,28)(H,30,32). The summed E-state index contributed by atoms with van der Waals surface area (Å²) in [7, 11) is 0. The summed E-state index contributed by atoms with van der Waals surface area (Å²) in [5.74, 6) is -0.0770. The monoisotopic (exact) mass is 432 g/mol. The van der Waals surface area contributed by atoms with Gasteiger partial charge in [-0.25, -0.2) is 18.7 Å². The molecule has 0 atom stereocenters. The lowest BCUT2D eigenvalue weighted by Gasteiger charge is -2.11. The maximum absolute atomic E-state index is 12.7. The molecule has 3 aromatic heterocycles. The molecule has 0 fully saturated rings. The fraction of sp³-hybridized carbons (Fsp3) is 0.0870. The van der Waals surface area contributed by atoms with Crippen LogP contribution in [-0.2, 0) is 0 Å². The van der Waals surface area contributed by atoms with Crippen molar-refractivity contribution in [2.75, 3.05) is 11.1 Å². The van der Waals surface area contributed by atoms with Crippen molar-refractivity contribution in [2.45, 2.75) is 13.3 Å². The molecule has 0 radical (unpaired) electrons. The Morgan fingerprint density at radius 2 is 1.81 bits per heavy atom. The number of aryl methyl sites for hydroxylation is 1. The van der Waals surface area contributed by atoms with Gasteiger partial charge in [-0.3, -0.25) is 14.8 Å². The van der Waals surface area contributed by atoms with E-state index in [1.54, 1.807) is 42.9 Å². The van der Waals surface area contributed by atoms with Crippen molar-refractivity contribution in [1.29, 1.82) is 0 Å². The summed E-state index contributed by atoms with van der Waals surface area (Å²) in [4.78, 5) is 29.1. The van der Waals surface area contributed by atoms with Crippen molar-refractivity contribution in [3.05, 3.63) is 84.1 Å².